The van der Waals surface area contributed by atoms with Gasteiger partial charge in [0.05, 0.1) is 38.1 Å². The Kier molecular flexibility index (Phi) is 7.96. The molecule has 9 nitrogen and oxygen atoms in total. The van der Waals surface area contributed by atoms with Crippen LogP contribution in [-0.2, 0) is 19.2 Å². The largest absolute Gasteiger partial charge is 0.543 e. The number of hydrogen-bond donors (Lipinski definition) is 2. The minimum atomic E-state index is -1.44. The average Bonchev–Trinajstić information content (AvgIpc) is 2.84. The van der Waals surface area contributed by atoms with E-state index in [1.165, 1.54) is 28.4 Å². The number of primary amides is 1. The Morgan fingerprint density at radius 1 is 1.22 bits per heavy atom. The molecule has 2 aliphatic rings. The van der Waals surface area contributed by atoms with Crippen LogP contribution in [0, 0.1) is 0 Å². The summed E-state index contributed by atoms with van der Waals surface area (Å²) >= 11 is 2.76. The number of allylic oxidation sites excluding steroid dienone is 1. The molecule has 2 aromatic carbocycles. The van der Waals surface area contributed by atoms with E-state index in [4.69, 9.17) is 5.73 Å². The molecule has 2 atom stereocenters. The Hall–Kier alpha value is -3.28. The molecule has 2 aromatic rings. The predicted octanol–water partition coefficient (Wildman–Crippen LogP) is 0.454. The zero-order valence-corrected chi connectivity index (χ0v) is 22.1. The zero-order chi connectivity index (χ0) is 26.7. The monoisotopic (exact) mass is 540 g/mol. The third-order valence-corrected chi connectivity index (χ3v) is 8.40. The third-order valence-electron chi connectivity index (χ3n) is 6.10. The number of likely N-dealkylation sites (N-methyl/N-ethyl adjacent to an activating group) is 1. The van der Waals surface area contributed by atoms with Crippen molar-refractivity contribution < 1.29 is 28.8 Å². The van der Waals surface area contributed by atoms with Gasteiger partial charge in [0, 0.05) is 10.6 Å². The summed E-state index contributed by atoms with van der Waals surface area (Å²) in [7, 11) is 3.67. The second-order valence-corrected chi connectivity index (χ2v) is 11.7. The summed E-state index contributed by atoms with van der Waals surface area (Å²) in [4.78, 5) is 50.7. The van der Waals surface area contributed by atoms with Crippen molar-refractivity contribution in [2.75, 3.05) is 38.7 Å². The van der Waals surface area contributed by atoms with Crippen molar-refractivity contribution >= 4 is 58.0 Å². The van der Waals surface area contributed by atoms with Crippen LogP contribution >= 0.6 is 23.5 Å². The molecule has 0 aromatic heterocycles. The molecule has 0 spiro atoms. The summed E-state index contributed by atoms with van der Waals surface area (Å²) in [6.07, 6.45) is 3.41. The van der Waals surface area contributed by atoms with Crippen molar-refractivity contribution in [2.24, 2.45) is 5.73 Å². The van der Waals surface area contributed by atoms with E-state index in [1.807, 2.05) is 56.6 Å². The minimum absolute atomic E-state index is 0.135. The molecule has 1 fully saturated rings. The van der Waals surface area contributed by atoms with Gasteiger partial charge in [0.25, 0.3) is 11.8 Å². The number of aliphatic carboxylic acids is 1. The highest BCUT2D eigenvalue weighted by Gasteiger charge is 2.52. The van der Waals surface area contributed by atoms with E-state index in [0.29, 0.717) is 22.4 Å². The Balaban J connectivity index is 1.37. The van der Waals surface area contributed by atoms with Gasteiger partial charge in [-0.1, -0.05) is 36.4 Å². The van der Waals surface area contributed by atoms with E-state index in [0.717, 1.165) is 15.7 Å². The Bertz CT molecular complexity index is 1320. The van der Waals surface area contributed by atoms with Crippen LogP contribution in [0.5, 0.6) is 0 Å². The third kappa shape index (κ3) is 6.17. The SMILES string of the molecule is C[N+](C)(CC=CC1=C(C(=O)[O-])N2C(=O)C(NC(=O)CSc3ccc4ccccc4c3)C2SC1)CC(N)=O. The molecule has 0 radical (unpaired) electrons. The fourth-order valence-electron chi connectivity index (χ4n) is 4.35. The van der Waals surface area contributed by atoms with E-state index < -0.39 is 29.2 Å². The predicted molar refractivity (Wildman–Crippen MR) is 142 cm³/mol. The van der Waals surface area contributed by atoms with Crippen LogP contribution in [0.25, 0.3) is 10.8 Å². The maximum absolute atomic E-state index is 12.9. The normalized spacial score (nSPS) is 19.6. The quantitative estimate of drug-likeness (QED) is 0.254. The average molecular weight is 541 g/mol. The number of carbonyl (C=O) groups is 4. The summed E-state index contributed by atoms with van der Waals surface area (Å²) in [5, 5.41) is 16.4. The first-order valence-corrected chi connectivity index (χ1v) is 13.7. The standard InChI is InChI=1S/C26H28N4O5S2/c1-30(2,13-20(27)31)11-5-8-18-14-37-25-22(24(33)29(25)23(18)26(34)35)28-21(32)15-36-19-10-9-16-6-3-4-7-17(16)12-19/h3-10,12,22,25H,11,13-15H2,1-2H3,(H3-,27,28,31,32,34,35). The maximum atomic E-state index is 12.9. The summed E-state index contributed by atoms with van der Waals surface area (Å²) in [5.41, 5.74) is 5.54. The number of nitrogens with one attached hydrogen (secondary N) is 1. The lowest BCUT2D eigenvalue weighted by Gasteiger charge is -2.50. The number of rotatable bonds is 10. The fraction of sp³-hybridized carbons (Fsp3) is 0.308. The number of carboxylic acids is 1. The summed E-state index contributed by atoms with van der Waals surface area (Å²) in [5.74, 6) is -2.17. The van der Waals surface area contributed by atoms with E-state index >= 15 is 0 Å². The summed E-state index contributed by atoms with van der Waals surface area (Å²) in [6, 6.07) is 13.1. The Morgan fingerprint density at radius 3 is 2.65 bits per heavy atom. The van der Waals surface area contributed by atoms with E-state index in [1.54, 1.807) is 12.2 Å². The molecular formula is C26H28N4O5S2. The number of carboxylic acid groups (broad SMARTS) is 1. The van der Waals surface area contributed by atoms with Crippen LogP contribution < -0.4 is 16.2 Å². The molecule has 11 heteroatoms. The summed E-state index contributed by atoms with van der Waals surface area (Å²) < 4.78 is 0.309. The number of nitrogens with two attached hydrogens (primary N) is 1. The lowest BCUT2D eigenvalue weighted by atomic mass is 10.0. The minimum Gasteiger partial charge on any atom is -0.543 e. The number of quaternary nitrogens is 1. The molecule has 0 saturated carbocycles. The number of amides is 3. The maximum Gasteiger partial charge on any atom is 0.272 e. The van der Waals surface area contributed by atoms with Gasteiger partial charge in [0.15, 0.2) is 6.54 Å². The van der Waals surface area contributed by atoms with Gasteiger partial charge < -0.3 is 25.4 Å². The lowest BCUT2D eigenvalue weighted by molar-refractivity contribution is -0.876. The number of fused-ring (bicyclic) bond motifs is 2. The first-order chi connectivity index (χ1) is 17.6. The summed E-state index contributed by atoms with van der Waals surface area (Å²) in [6.45, 7) is 0.584. The van der Waals surface area contributed by atoms with Gasteiger partial charge in [-0.05, 0) is 34.6 Å². The number of thioether (sulfide) groups is 2. The van der Waals surface area contributed by atoms with Crippen molar-refractivity contribution in [1.29, 1.82) is 0 Å². The first kappa shape index (κ1) is 26.8. The Labute approximate surface area is 223 Å². The van der Waals surface area contributed by atoms with E-state index in [2.05, 4.69) is 5.32 Å². The smallest absolute Gasteiger partial charge is 0.272 e. The van der Waals surface area contributed by atoms with Gasteiger partial charge >= 0.3 is 0 Å². The highest BCUT2D eigenvalue weighted by Crippen LogP contribution is 2.40. The number of nitrogens with zero attached hydrogens (tertiary/aromatic N) is 2. The zero-order valence-electron chi connectivity index (χ0n) is 20.5. The van der Waals surface area contributed by atoms with Crippen LogP contribution in [0.4, 0.5) is 0 Å². The highest BCUT2D eigenvalue weighted by atomic mass is 32.2. The second-order valence-electron chi connectivity index (χ2n) is 9.56. The highest BCUT2D eigenvalue weighted by molar-refractivity contribution is 8.00. The van der Waals surface area contributed by atoms with Crippen molar-refractivity contribution in [2.45, 2.75) is 16.3 Å². The molecule has 4 rings (SSSR count). The van der Waals surface area contributed by atoms with E-state index in [9.17, 15) is 24.3 Å². The van der Waals surface area contributed by atoms with Gasteiger partial charge in [-0.25, -0.2) is 0 Å². The van der Waals surface area contributed by atoms with E-state index in [-0.39, 0.29) is 23.9 Å². The molecule has 1 saturated heterocycles. The first-order valence-electron chi connectivity index (χ1n) is 11.6. The van der Waals surface area contributed by atoms with Crippen LogP contribution in [0.2, 0.25) is 0 Å². The molecule has 37 heavy (non-hydrogen) atoms. The van der Waals surface area contributed by atoms with Crippen LogP contribution in [-0.4, -0.2) is 83.2 Å². The van der Waals surface area contributed by atoms with Crippen LogP contribution in [0.1, 0.15) is 0 Å². The van der Waals surface area contributed by atoms with Gasteiger partial charge in [-0.3, -0.25) is 19.3 Å². The molecule has 2 unspecified atom stereocenters. The molecular weight excluding hydrogens is 512 g/mol. The number of hydrogen-bond acceptors (Lipinski definition) is 7. The second kappa shape index (κ2) is 11.0. The molecule has 2 aliphatic heterocycles. The van der Waals surface area contributed by atoms with Gasteiger partial charge in [0.2, 0.25) is 5.91 Å². The van der Waals surface area contributed by atoms with Crippen molar-refractivity contribution in [3.05, 3.63) is 65.9 Å². The van der Waals surface area contributed by atoms with Crippen molar-refractivity contribution in [3.63, 3.8) is 0 Å². The Morgan fingerprint density at radius 2 is 1.95 bits per heavy atom. The van der Waals surface area contributed by atoms with Crippen molar-refractivity contribution in [3.8, 4) is 0 Å². The number of carbonyl (C=O) groups excluding carboxylic acids is 4. The number of benzene rings is 2. The lowest BCUT2D eigenvalue weighted by Crippen LogP contribution is -2.71. The topological polar surface area (TPSA) is 133 Å². The molecule has 2 heterocycles. The molecule has 194 valence electrons. The van der Waals surface area contributed by atoms with Crippen molar-refractivity contribution in [1.82, 2.24) is 10.2 Å². The van der Waals surface area contributed by atoms with Crippen LogP contribution in [0.15, 0.2) is 70.8 Å². The fourth-order valence-corrected chi connectivity index (χ4v) is 6.42. The molecule has 3 amide bonds. The molecule has 0 aliphatic carbocycles. The number of β-lactam (4-membered cyclic amide) rings is 1. The van der Waals surface area contributed by atoms with Gasteiger partial charge in [-0.2, -0.15) is 0 Å². The van der Waals surface area contributed by atoms with Gasteiger partial charge in [-0.15, -0.1) is 23.5 Å². The van der Waals surface area contributed by atoms with Gasteiger partial charge in [0.1, 0.15) is 11.4 Å². The molecule has 3 N–H and O–H groups in total. The molecule has 0 bridgehead atoms. The van der Waals surface area contributed by atoms with Crippen LogP contribution in [0.3, 0.4) is 0 Å².